The molecule has 31 heavy (non-hydrogen) atoms. The molecule has 0 saturated heterocycles. The molecule has 0 spiro atoms. The van der Waals surface area contributed by atoms with Crippen LogP contribution in [0.5, 0.6) is 5.75 Å². The number of nitrogens with one attached hydrogen (secondary N) is 2. The summed E-state index contributed by atoms with van der Waals surface area (Å²) < 4.78 is 44.6. The van der Waals surface area contributed by atoms with Gasteiger partial charge in [-0.15, -0.1) is 0 Å². The molecule has 1 heterocycles. The van der Waals surface area contributed by atoms with E-state index in [1.807, 2.05) is 0 Å². The first-order valence-electron chi connectivity index (χ1n) is 10.0. The molecule has 168 valence electrons. The van der Waals surface area contributed by atoms with Crippen LogP contribution in [0.1, 0.15) is 41.7 Å². The third-order valence-corrected chi connectivity index (χ3v) is 5.17. The Morgan fingerprint density at radius 1 is 1.06 bits per heavy atom. The Labute approximate surface area is 179 Å². The minimum atomic E-state index is -4.55. The molecule has 0 radical (unpaired) electrons. The molecule has 2 aromatic rings. The highest BCUT2D eigenvalue weighted by Crippen LogP contribution is 2.31. The highest BCUT2D eigenvalue weighted by molar-refractivity contribution is 5.94. The molecule has 0 aliphatic heterocycles. The van der Waals surface area contributed by atoms with Crippen molar-refractivity contribution in [1.82, 2.24) is 15.3 Å². The number of methoxy groups -OCH3 is 1. The highest BCUT2D eigenvalue weighted by atomic mass is 19.4. The van der Waals surface area contributed by atoms with Crippen molar-refractivity contribution in [2.45, 2.75) is 43.9 Å². The van der Waals surface area contributed by atoms with E-state index in [1.165, 1.54) is 4.90 Å². The zero-order valence-electron chi connectivity index (χ0n) is 17.7. The minimum Gasteiger partial charge on any atom is -0.497 e. The van der Waals surface area contributed by atoms with Crippen LogP contribution >= 0.6 is 0 Å². The van der Waals surface area contributed by atoms with Crippen LogP contribution < -0.4 is 20.3 Å². The van der Waals surface area contributed by atoms with Gasteiger partial charge in [-0.3, -0.25) is 4.79 Å². The first-order valence-corrected chi connectivity index (χ1v) is 10.0. The number of carbonyl (C=O) groups is 1. The van der Waals surface area contributed by atoms with Crippen LogP contribution in [0.4, 0.5) is 24.9 Å². The zero-order valence-corrected chi connectivity index (χ0v) is 17.7. The lowest BCUT2D eigenvalue weighted by Gasteiger charge is -2.30. The molecule has 0 unspecified atom stereocenters. The average molecular weight is 437 g/mol. The maximum atomic E-state index is 13.2. The van der Waals surface area contributed by atoms with Gasteiger partial charge in [-0.2, -0.15) is 18.2 Å². The molecule has 0 bridgehead atoms. The summed E-state index contributed by atoms with van der Waals surface area (Å²) >= 11 is 0. The third kappa shape index (κ3) is 5.99. The molecule has 1 fully saturated rings. The van der Waals surface area contributed by atoms with Crippen molar-refractivity contribution in [3.63, 3.8) is 0 Å². The second-order valence-electron chi connectivity index (χ2n) is 7.73. The fraction of sp³-hybridized carbons (Fsp3) is 0.476. The molecule has 0 atom stereocenters. The first kappa shape index (κ1) is 22.6. The lowest BCUT2D eigenvalue weighted by atomic mass is 9.91. The molecule has 1 aromatic heterocycles. The first-order chi connectivity index (χ1) is 14.7. The number of alkyl halides is 3. The predicted octanol–water partition coefficient (Wildman–Crippen LogP) is 3.72. The molecule has 1 aliphatic carbocycles. The largest absolute Gasteiger partial charge is 0.497 e. The average Bonchev–Trinajstić information content (AvgIpc) is 2.74. The normalized spacial score (nSPS) is 18.9. The number of amides is 1. The van der Waals surface area contributed by atoms with E-state index >= 15 is 0 Å². The fourth-order valence-corrected chi connectivity index (χ4v) is 3.46. The second kappa shape index (κ2) is 9.40. The van der Waals surface area contributed by atoms with Crippen molar-refractivity contribution in [3.8, 4) is 5.75 Å². The Kier molecular flexibility index (Phi) is 6.87. The summed E-state index contributed by atoms with van der Waals surface area (Å²) in [7, 11) is 4.75. The van der Waals surface area contributed by atoms with Gasteiger partial charge in [0.15, 0.2) is 5.69 Å². The zero-order chi connectivity index (χ0) is 22.6. The number of hydrogen-bond acceptors (Lipinski definition) is 6. The van der Waals surface area contributed by atoms with Crippen LogP contribution in [0.25, 0.3) is 0 Å². The van der Waals surface area contributed by atoms with Gasteiger partial charge in [-0.05, 0) is 49.9 Å². The van der Waals surface area contributed by atoms with Gasteiger partial charge in [-0.1, -0.05) is 0 Å². The van der Waals surface area contributed by atoms with Crippen LogP contribution in [-0.2, 0) is 6.18 Å². The Bertz CT molecular complexity index is 895. The van der Waals surface area contributed by atoms with Crippen LogP contribution in [0.3, 0.4) is 0 Å². The number of hydrogen-bond donors (Lipinski definition) is 2. The van der Waals surface area contributed by atoms with Crippen molar-refractivity contribution in [2.24, 2.45) is 0 Å². The maximum absolute atomic E-state index is 13.2. The van der Waals surface area contributed by atoms with Gasteiger partial charge in [0.1, 0.15) is 11.6 Å². The van der Waals surface area contributed by atoms with Crippen molar-refractivity contribution in [2.75, 3.05) is 31.4 Å². The van der Waals surface area contributed by atoms with Crippen LogP contribution in [0, 0.1) is 0 Å². The van der Waals surface area contributed by atoms with E-state index in [-0.39, 0.29) is 29.8 Å². The highest BCUT2D eigenvalue weighted by Gasteiger charge is 2.34. The Balaban J connectivity index is 1.57. The molecule has 1 aromatic carbocycles. The quantitative estimate of drug-likeness (QED) is 0.717. The fourth-order valence-electron chi connectivity index (χ4n) is 3.46. The van der Waals surface area contributed by atoms with Crippen molar-refractivity contribution in [3.05, 3.63) is 41.6 Å². The van der Waals surface area contributed by atoms with Gasteiger partial charge in [-0.25, -0.2) is 4.98 Å². The van der Waals surface area contributed by atoms with E-state index in [0.717, 1.165) is 18.9 Å². The summed E-state index contributed by atoms with van der Waals surface area (Å²) in [4.78, 5) is 21.6. The van der Waals surface area contributed by atoms with E-state index in [4.69, 9.17) is 4.74 Å². The standard InChI is InChI=1S/C21H26F3N5O2/c1-29(2)20-27-17(21(22,23)24)12-18(28-20)25-14-6-8-15(9-7-14)26-19(30)13-4-10-16(31-3)11-5-13/h4-5,10-12,14-15H,6-9H2,1-3H3,(H,26,30)(H,25,27,28)/t14-,15+. The van der Waals surface area contributed by atoms with Crippen LogP contribution in [-0.4, -0.2) is 49.2 Å². The Morgan fingerprint density at radius 3 is 2.23 bits per heavy atom. The number of benzene rings is 1. The summed E-state index contributed by atoms with van der Waals surface area (Å²) in [6, 6.07) is 7.79. The molecular formula is C21H26F3N5O2. The smallest absolute Gasteiger partial charge is 0.433 e. The van der Waals surface area contributed by atoms with E-state index in [1.54, 1.807) is 45.5 Å². The number of anilines is 2. The second-order valence-corrected chi connectivity index (χ2v) is 7.73. The van der Waals surface area contributed by atoms with Gasteiger partial charge in [0.05, 0.1) is 7.11 Å². The molecule has 10 heteroatoms. The summed E-state index contributed by atoms with van der Waals surface area (Å²) in [6.45, 7) is 0. The minimum absolute atomic E-state index is 0.00207. The summed E-state index contributed by atoms with van der Waals surface area (Å²) in [6.07, 6.45) is -1.70. The Hall–Kier alpha value is -3.04. The number of aromatic nitrogens is 2. The number of nitrogens with zero attached hydrogens (tertiary/aromatic N) is 3. The number of halogens is 3. The van der Waals surface area contributed by atoms with Gasteiger partial charge in [0.2, 0.25) is 5.95 Å². The van der Waals surface area contributed by atoms with Crippen molar-refractivity contribution < 1.29 is 22.7 Å². The van der Waals surface area contributed by atoms with Gasteiger partial charge < -0.3 is 20.3 Å². The van der Waals surface area contributed by atoms with Crippen molar-refractivity contribution in [1.29, 1.82) is 0 Å². The number of carbonyl (C=O) groups excluding carboxylic acids is 1. The van der Waals surface area contributed by atoms with E-state index in [2.05, 4.69) is 20.6 Å². The number of ether oxygens (including phenoxy) is 1. The monoisotopic (exact) mass is 437 g/mol. The van der Waals surface area contributed by atoms with E-state index < -0.39 is 11.9 Å². The summed E-state index contributed by atoms with van der Waals surface area (Å²) in [5, 5.41) is 6.12. The van der Waals surface area contributed by atoms with Crippen LogP contribution in [0.15, 0.2) is 30.3 Å². The molecule has 3 rings (SSSR count). The van der Waals surface area contributed by atoms with E-state index in [0.29, 0.717) is 24.2 Å². The van der Waals surface area contributed by atoms with Gasteiger partial charge in [0.25, 0.3) is 5.91 Å². The van der Waals surface area contributed by atoms with Crippen molar-refractivity contribution >= 4 is 17.7 Å². The molecule has 1 amide bonds. The van der Waals surface area contributed by atoms with E-state index in [9.17, 15) is 18.0 Å². The maximum Gasteiger partial charge on any atom is 0.433 e. The van der Waals surface area contributed by atoms with Crippen LogP contribution in [0.2, 0.25) is 0 Å². The topological polar surface area (TPSA) is 79.4 Å². The molecule has 7 nitrogen and oxygen atoms in total. The summed E-state index contributed by atoms with van der Waals surface area (Å²) in [5.41, 5.74) is -0.424. The lowest BCUT2D eigenvalue weighted by Crippen LogP contribution is -2.40. The lowest BCUT2D eigenvalue weighted by molar-refractivity contribution is -0.141. The van der Waals surface area contributed by atoms with Gasteiger partial charge >= 0.3 is 6.18 Å². The molecule has 1 aliphatic rings. The van der Waals surface area contributed by atoms with Gasteiger partial charge in [0, 0.05) is 37.8 Å². The molecule has 1 saturated carbocycles. The molecule has 2 N–H and O–H groups in total. The number of rotatable bonds is 6. The predicted molar refractivity (Wildman–Crippen MR) is 111 cm³/mol. The Morgan fingerprint density at radius 2 is 1.68 bits per heavy atom. The summed E-state index contributed by atoms with van der Waals surface area (Å²) in [5.74, 6) is 0.675. The SMILES string of the molecule is COc1ccc(C(=O)N[C@H]2CC[C@@H](Nc3cc(C(F)(F)F)nc(N(C)C)n3)CC2)cc1. The molecular weight excluding hydrogens is 411 g/mol. The third-order valence-electron chi connectivity index (χ3n) is 5.17.